The number of amides is 1. The molecule has 0 radical (unpaired) electrons. The number of carbonyl (C=O) groups excluding carboxylic acids is 1. The zero-order valence-corrected chi connectivity index (χ0v) is 18.5. The Morgan fingerprint density at radius 2 is 1.82 bits per heavy atom. The third-order valence-electron chi connectivity index (χ3n) is 6.05. The van der Waals surface area contributed by atoms with Crippen LogP contribution >= 0.6 is 0 Å². The Kier molecular flexibility index (Phi) is 6.27. The smallest absolute Gasteiger partial charge is 0.278 e. The van der Waals surface area contributed by atoms with E-state index in [1.165, 1.54) is 25.7 Å². The second kappa shape index (κ2) is 9.64. The molecule has 0 unspecified atom stereocenters. The number of anilines is 1. The number of aromatic nitrogens is 4. The number of benzene rings is 1. The van der Waals surface area contributed by atoms with Crippen LogP contribution in [0.5, 0.6) is 0 Å². The second-order valence-electron chi connectivity index (χ2n) is 8.54. The number of halogens is 2. The van der Waals surface area contributed by atoms with E-state index in [1.807, 2.05) is 24.4 Å². The molecule has 1 aliphatic heterocycles. The summed E-state index contributed by atoms with van der Waals surface area (Å²) in [6.07, 6.45) is 9.57. The molecular formula is C25H24F2N6O. The summed E-state index contributed by atoms with van der Waals surface area (Å²) >= 11 is 0. The first-order chi connectivity index (χ1) is 16.6. The lowest BCUT2D eigenvalue weighted by Gasteiger charge is -2.19. The standard InChI is InChI=1S/C25H24F2N6O/c26-19-11-21(27)24(29-14-19)30-25(34)23-20-10-17(5-6-22(20)31-32-23)18-9-16(12-28-13-18)15-33-7-3-1-2-4-8-33/h5-6,9-14H,1-4,7-8,15H2,(H,31,32)(H,29,30,34). The van der Waals surface area contributed by atoms with Crippen molar-refractivity contribution in [1.29, 1.82) is 0 Å². The van der Waals surface area contributed by atoms with Crippen molar-refractivity contribution in [2.75, 3.05) is 18.4 Å². The Balaban J connectivity index is 1.40. The molecule has 0 saturated carbocycles. The predicted molar refractivity (Wildman–Crippen MR) is 125 cm³/mol. The van der Waals surface area contributed by atoms with Gasteiger partial charge in [0.25, 0.3) is 5.91 Å². The largest absolute Gasteiger partial charge is 0.303 e. The minimum Gasteiger partial charge on any atom is -0.303 e. The number of likely N-dealkylation sites (tertiary alicyclic amines) is 1. The van der Waals surface area contributed by atoms with E-state index in [9.17, 15) is 13.6 Å². The van der Waals surface area contributed by atoms with Gasteiger partial charge in [0.15, 0.2) is 17.3 Å². The zero-order valence-electron chi connectivity index (χ0n) is 18.5. The third-order valence-corrected chi connectivity index (χ3v) is 6.05. The fraction of sp³-hybridized carbons (Fsp3) is 0.280. The topological polar surface area (TPSA) is 86.8 Å². The Labute approximate surface area is 195 Å². The van der Waals surface area contributed by atoms with Gasteiger partial charge in [-0.2, -0.15) is 5.10 Å². The molecule has 34 heavy (non-hydrogen) atoms. The van der Waals surface area contributed by atoms with E-state index in [2.05, 4.69) is 36.4 Å². The van der Waals surface area contributed by atoms with Gasteiger partial charge in [-0.3, -0.25) is 19.8 Å². The van der Waals surface area contributed by atoms with E-state index in [1.54, 1.807) is 6.20 Å². The Bertz CT molecular complexity index is 1330. The molecule has 1 amide bonds. The van der Waals surface area contributed by atoms with Crippen LogP contribution in [0.2, 0.25) is 0 Å². The number of hydrogen-bond donors (Lipinski definition) is 2. The summed E-state index contributed by atoms with van der Waals surface area (Å²) in [4.78, 5) is 23.3. The molecule has 3 aromatic heterocycles. The average molecular weight is 463 g/mol. The maximum absolute atomic E-state index is 13.9. The van der Waals surface area contributed by atoms with Gasteiger partial charge in [-0.05, 0) is 55.3 Å². The van der Waals surface area contributed by atoms with Crippen molar-refractivity contribution < 1.29 is 13.6 Å². The maximum Gasteiger partial charge on any atom is 0.278 e. The molecule has 174 valence electrons. The number of fused-ring (bicyclic) bond motifs is 1. The van der Waals surface area contributed by atoms with Crippen LogP contribution in [0, 0.1) is 11.6 Å². The molecule has 1 fully saturated rings. The van der Waals surface area contributed by atoms with Crippen molar-refractivity contribution in [3.8, 4) is 11.1 Å². The first-order valence-corrected chi connectivity index (χ1v) is 11.3. The highest BCUT2D eigenvalue weighted by Gasteiger charge is 2.18. The maximum atomic E-state index is 13.9. The lowest BCUT2D eigenvalue weighted by atomic mass is 10.0. The number of nitrogens with one attached hydrogen (secondary N) is 2. The zero-order chi connectivity index (χ0) is 23.5. The van der Waals surface area contributed by atoms with Gasteiger partial charge in [0.1, 0.15) is 5.82 Å². The second-order valence-corrected chi connectivity index (χ2v) is 8.54. The van der Waals surface area contributed by atoms with Crippen LogP contribution in [0.25, 0.3) is 22.0 Å². The highest BCUT2D eigenvalue weighted by Crippen LogP contribution is 2.27. The number of carbonyl (C=O) groups is 1. The van der Waals surface area contributed by atoms with E-state index in [4.69, 9.17) is 0 Å². The number of H-pyrrole nitrogens is 1. The van der Waals surface area contributed by atoms with Crippen LogP contribution in [-0.4, -0.2) is 44.1 Å². The molecule has 0 bridgehead atoms. The summed E-state index contributed by atoms with van der Waals surface area (Å²) in [5, 5.41) is 9.85. The minimum atomic E-state index is -0.957. The van der Waals surface area contributed by atoms with Crippen LogP contribution in [0.4, 0.5) is 14.6 Å². The summed E-state index contributed by atoms with van der Waals surface area (Å²) in [5.74, 6) is -2.78. The van der Waals surface area contributed by atoms with Crippen molar-refractivity contribution >= 4 is 22.6 Å². The molecular weight excluding hydrogens is 438 g/mol. The summed E-state index contributed by atoms with van der Waals surface area (Å²) < 4.78 is 27.0. The molecule has 0 aliphatic carbocycles. The van der Waals surface area contributed by atoms with Gasteiger partial charge in [0.2, 0.25) is 0 Å². The van der Waals surface area contributed by atoms with E-state index in [0.717, 1.165) is 42.5 Å². The molecule has 2 N–H and O–H groups in total. The van der Waals surface area contributed by atoms with Gasteiger partial charge in [-0.25, -0.2) is 13.8 Å². The Hall–Kier alpha value is -3.72. The van der Waals surface area contributed by atoms with Crippen molar-refractivity contribution in [3.05, 3.63) is 71.8 Å². The van der Waals surface area contributed by atoms with Crippen LogP contribution in [0.1, 0.15) is 41.7 Å². The Morgan fingerprint density at radius 1 is 1.00 bits per heavy atom. The van der Waals surface area contributed by atoms with Crippen LogP contribution < -0.4 is 5.32 Å². The molecule has 1 aromatic carbocycles. The first-order valence-electron chi connectivity index (χ1n) is 11.3. The predicted octanol–water partition coefficient (Wildman–Crippen LogP) is 4.93. The summed E-state index contributed by atoms with van der Waals surface area (Å²) in [5.41, 5.74) is 3.72. The van der Waals surface area contributed by atoms with Crippen LogP contribution in [0.15, 0.2) is 48.9 Å². The SMILES string of the molecule is O=C(Nc1ncc(F)cc1F)c1n[nH]c2ccc(-c3cncc(CN4CCCCCC4)c3)cc12. The molecule has 0 spiro atoms. The monoisotopic (exact) mass is 462 g/mol. The summed E-state index contributed by atoms with van der Waals surface area (Å²) in [6.45, 7) is 3.07. The number of nitrogens with zero attached hydrogens (tertiary/aromatic N) is 4. The number of rotatable bonds is 5. The van der Waals surface area contributed by atoms with E-state index in [-0.39, 0.29) is 11.5 Å². The fourth-order valence-electron chi connectivity index (χ4n) is 4.32. The van der Waals surface area contributed by atoms with E-state index < -0.39 is 17.5 Å². The van der Waals surface area contributed by atoms with Gasteiger partial charge in [0, 0.05) is 36.0 Å². The first kappa shape index (κ1) is 22.1. The van der Waals surface area contributed by atoms with Crippen molar-refractivity contribution in [2.24, 2.45) is 0 Å². The van der Waals surface area contributed by atoms with Crippen molar-refractivity contribution in [2.45, 2.75) is 32.2 Å². The quantitative estimate of drug-likeness (QED) is 0.439. The lowest BCUT2D eigenvalue weighted by molar-refractivity contribution is 0.102. The molecule has 4 heterocycles. The fourth-order valence-corrected chi connectivity index (χ4v) is 4.32. The highest BCUT2D eigenvalue weighted by molar-refractivity contribution is 6.11. The van der Waals surface area contributed by atoms with Gasteiger partial charge in [-0.1, -0.05) is 18.9 Å². The molecule has 9 heteroatoms. The van der Waals surface area contributed by atoms with Gasteiger partial charge in [-0.15, -0.1) is 0 Å². The summed E-state index contributed by atoms with van der Waals surface area (Å²) in [7, 11) is 0. The lowest BCUT2D eigenvalue weighted by Crippen LogP contribution is -2.24. The molecule has 4 aromatic rings. The van der Waals surface area contributed by atoms with Gasteiger partial charge >= 0.3 is 0 Å². The van der Waals surface area contributed by atoms with Gasteiger partial charge < -0.3 is 5.32 Å². The third kappa shape index (κ3) is 4.79. The average Bonchev–Trinajstić information content (AvgIpc) is 3.09. The number of hydrogen-bond acceptors (Lipinski definition) is 5. The normalized spacial score (nSPS) is 14.8. The molecule has 7 nitrogen and oxygen atoms in total. The van der Waals surface area contributed by atoms with E-state index in [0.29, 0.717) is 17.0 Å². The van der Waals surface area contributed by atoms with Crippen molar-refractivity contribution in [3.63, 3.8) is 0 Å². The molecule has 5 rings (SSSR count). The Morgan fingerprint density at radius 3 is 2.62 bits per heavy atom. The van der Waals surface area contributed by atoms with Crippen LogP contribution in [-0.2, 0) is 6.54 Å². The molecule has 1 saturated heterocycles. The summed E-state index contributed by atoms with van der Waals surface area (Å²) in [6, 6.07) is 8.42. The van der Waals surface area contributed by atoms with Crippen molar-refractivity contribution in [1.82, 2.24) is 25.1 Å². The molecule has 0 atom stereocenters. The van der Waals surface area contributed by atoms with Gasteiger partial charge in [0.05, 0.1) is 11.7 Å². The number of aromatic amines is 1. The minimum absolute atomic E-state index is 0.0936. The highest BCUT2D eigenvalue weighted by atomic mass is 19.1. The number of pyridine rings is 2. The van der Waals surface area contributed by atoms with E-state index >= 15 is 0 Å². The van der Waals surface area contributed by atoms with Crippen LogP contribution in [0.3, 0.4) is 0 Å². The molecule has 1 aliphatic rings.